The van der Waals surface area contributed by atoms with E-state index >= 15 is 0 Å². The second-order valence-electron chi connectivity index (χ2n) is 1.98. The lowest BCUT2D eigenvalue weighted by molar-refractivity contribution is -0.109. The summed E-state index contributed by atoms with van der Waals surface area (Å²) in [6, 6.07) is 9.78. The molecule has 0 aromatic heterocycles. The maximum Gasteiger partial charge on any atom is 0.207 e. The molecular formula is C8H11NO. The zero-order valence-electron chi connectivity index (χ0n) is 5.58. The van der Waals surface area contributed by atoms with Crippen molar-refractivity contribution in [3.05, 3.63) is 35.9 Å². The summed E-state index contributed by atoms with van der Waals surface area (Å²) in [4.78, 5) is 9.87. The number of amides is 1. The Hall–Kier alpha value is -1.31. The first-order valence-electron chi connectivity index (χ1n) is 3.14. The molecule has 1 aromatic rings. The highest BCUT2D eigenvalue weighted by atomic mass is 16.1. The van der Waals surface area contributed by atoms with Crippen LogP contribution in [0, 0.1) is 0 Å². The quantitative estimate of drug-likeness (QED) is 0.623. The van der Waals surface area contributed by atoms with E-state index in [1.165, 1.54) is 0 Å². The molecule has 10 heavy (non-hydrogen) atoms. The van der Waals surface area contributed by atoms with E-state index in [1.807, 2.05) is 30.3 Å². The maximum atomic E-state index is 9.87. The largest absolute Gasteiger partial charge is 0.355 e. The first-order chi connectivity index (χ1) is 4.93. The van der Waals surface area contributed by atoms with E-state index in [9.17, 15) is 4.79 Å². The normalized spacial score (nSPS) is 8.80. The predicted octanol–water partition coefficient (Wildman–Crippen LogP) is 1.18. The number of carbonyl (C=O) groups is 1. The summed E-state index contributed by atoms with van der Waals surface area (Å²) in [5, 5.41) is 2.58. The summed E-state index contributed by atoms with van der Waals surface area (Å²) in [5.74, 6) is 0. The third kappa shape index (κ3) is 1.90. The van der Waals surface area contributed by atoms with Gasteiger partial charge in [0, 0.05) is 7.97 Å². The van der Waals surface area contributed by atoms with Crippen LogP contribution >= 0.6 is 0 Å². The minimum absolute atomic E-state index is 0. The lowest BCUT2D eigenvalue weighted by Crippen LogP contribution is -2.09. The van der Waals surface area contributed by atoms with Gasteiger partial charge in [0.15, 0.2) is 0 Å². The minimum atomic E-state index is 0. The molecule has 0 saturated carbocycles. The van der Waals surface area contributed by atoms with Gasteiger partial charge in [-0.15, -0.1) is 0 Å². The third-order valence-corrected chi connectivity index (χ3v) is 1.23. The van der Waals surface area contributed by atoms with Crippen molar-refractivity contribution in [1.29, 1.82) is 0 Å². The fourth-order valence-corrected chi connectivity index (χ4v) is 0.755. The molecule has 0 aliphatic carbocycles. The molecule has 1 rings (SSSR count). The van der Waals surface area contributed by atoms with Gasteiger partial charge in [-0.05, 0) is 5.56 Å². The molecule has 0 atom stereocenters. The molecule has 0 heterocycles. The van der Waals surface area contributed by atoms with E-state index in [-0.39, 0.29) is 1.43 Å². The van der Waals surface area contributed by atoms with E-state index in [1.54, 1.807) is 0 Å². The number of benzene rings is 1. The van der Waals surface area contributed by atoms with Crippen molar-refractivity contribution < 1.29 is 6.22 Å². The van der Waals surface area contributed by atoms with Crippen molar-refractivity contribution in [2.24, 2.45) is 0 Å². The molecule has 2 nitrogen and oxygen atoms in total. The molecule has 0 saturated heterocycles. The SMILES string of the molecule is O=CNCc1ccccc1.[HH]. The van der Waals surface area contributed by atoms with Crippen LogP contribution in [-0.4, -0.2) is 6.41 Å². The molecule has 54 valence electrons. The monoisotopic (exact) mass is 137 g/mol. The first kappa shape index (κ1) is 6.81. The first-order valence-corrected chi connectivity index (χ1v) is 3.14. The van der Waals surface area contributed by atoms with E-state index in [0.717, 1.165) is 5.56 Å². The summed E-state index contributed by atoms with van der Waals surface area (Å²) in [6.45, 7) is 0.615. The molecule has 1 N–H and O–H groups in total. The van der Waals surface area contributed by atoms with Gasteiger partial charge in [-0.25, -0.2) is 0 Å². The lowest BCUT2D eigenvalue weighted by Gasteiger charge is -1.96. The van der Waals surface area contributed by atoms with E-state index < -0.39 is 0 Å². The fraction of sp³-hybridized carbons (Fsp3) is 0.125. The number of carbonyl (C=O) groups excluding carboxylic acids is 1. The van der Waals surface area contributed by atoms with Crippen LogP contribution in [0.1, 0.15) is 6.99 Å². The second-order valence-corrected chi connectivity index (χ2v) is 1.98. The molecule has 0 aliphatic rings. The Labute approximate surface area is 61.4 Å². The van der Waals surface area contributed by atoms with Crippen molar-refractivity contribution in [3.63, 3.8) is 0 Å². The number of nitrogens with one attached hydrogen (secondary N) is 1. The summed E-state index contributed by atoms with van der Waals surface area (Å²) < 4.78 is 0. The van der Waals surface area contributed by atoms with Crippen molar-refractivity contribution >= 4 is 6.41 Å². The highest BCUT2D eigenvalue weighted by molar-refractivity contribution is 5.46. The van der Waals surface area contributed by atoms with Crippen LogP contribution in [0.25, 0.3) is 0 Å². The van der Waals surface area contributed by atoms with Crippen LogP contribution in [0.5, 0.6) is 0 Å². The lowest BCUT2D eigenvalue weighted by atomic mass is 10.2. The Morgan fingerprint density at radius 2 is 2.10 bits per heavy atom. The zero-order valence-corrected chi connectivity index (χ0v) is 5.58. The number of hydrogen-bond donors (Lipinski definition) is 1. The number of rotatable bonds is 3. The second kappa shape index (κ2) is 3.67. The Morgan fingerprint density at radius 3 is 2.70 bits per heavy atom. The van der Waals surface area contributed by atoms with Gasteiger partial charge < -0.3 is 5.32 Å². The third-order valence-electron chi connectivity index (χ3n) is 1.23. The predicted molar refractivity (Wildman–Crippen MR) is 41.5 cm³/mol. The Balaban J connectivity index is 0.000001000. The van der Waals surface area contributed by atoms with Gasteiger partial charge in [0.25, 0.3) is 0 Å². The van der Waals surface area contributed by atoms with Gasteiger partial charge in [-0.2, -0.15) is 0 Å². The van der Waals surface area contributed by atoms with E-state index in [0.29, 0.717) is 13.0 Å². The molecule has 0 spiro atoms. The molecule has 0 bridgehead atoms. The van der Waals surface area contributed by atoms with Crippen LogP contribution in [-0.2, 0) is 11.3 Å². The van der Waals surface area contributed by atoms with Gasteiger partial charge in [0.2, 0.25) is 6.41 Å². The molecule has 0 aliphatic heterocycles. The van der Waals surface area contributed by atoms with Crippen LogP contribution in [0.15, 0.2) is 30.3 Å². The van der Waals surface area contributed by atoms with Gasteiger partial charge in [0.05, 0.1) is 0 Å². The van der Waals surface area contributed by atoms with Crippen molar-refractivity contribution in [1.82, 2.24) is 5.32 Å². The maximum absolute atomic E-state index is 9.87. The molecule has 0 fully saturated rings. The summed E-state index contributed by atoms with van der Waals surface area (Å²) in [7, 11) is 0. The van der Waals surface area contributed by atoms with Crippen molar-refractivity contribution in [2.75, 3.05) is 0 Å². The average molecular weight is 137 g/mol. The standard InChI is InChI=1S/C8H9NO.H2/c10-7-9-6-8-4-2-1-3-5-8;/h1-5,7H,6H2,(H,9,10);1H. The minimum Gasteiger partial charge on any atom is -0.355 e. The van der Waals surface area contributed by atoms with Crippen molar-refractivity contribution in [2.45, 2.75) is 6.54 Å². The van der Waals surface area contributed by atoms with E-state index in [4.69, 9.17) is 0 Å². The summed E-state index contributed by atoms with van der Waals surface area (Å²) in [5.41, 5.74) is 1.12. The molecule has 0 radical (unpaired) electrons. The smallest absolute Gasteiger partial charge is 0.207 e. The molecule has 1 amide bonds. The van der Waals surface area contributed by atoms with Crippen LogP contribution < -0.4 is 5.32 Å². The summed E-state index contributed by atoms with van der Waals surface area (Å²) >= 11 is 0. The highest BCUT2D eigenvalue weighted by Gasteiger charge is 1.85. The number of hydrogen-bond acceptors (Lipinski definition) is 1. The molecule has 1 aromatic carbocycles. The molecular weight excluding hydrogens is 126 g/mol. The Kier molecular flexibility index (Phi) is 2.49. The fourth-order valence-electron chi connectivity index (χ4n) is 0.755. The Bertz CT molecular complexity index is 201. The van der Waals surface area contributed by atoms with Gasteiger partial charge >= 0.3 is 0 Å². The van der Waals surface area contributed by atoms with Crippen LogP contribution in [0.4, 0.5) is 0 Å². The molecule has 0 unspecified atom stereocenters. The zero-order chi connectivity index (χ0) is 7.23. The van der Waals surface area contributed by atoms with Crippen LogP contribution in [0.2, 0.25) is 0 Å². The summed E-state index contributed by atoms with van der Waals surface area (Å²) in [6.07, 6.45) is 0.701. The van der Waals surface area contributed by atoms with E-state index in [2.05, 4.69) is 5.32 Å². The topological polar surface area (TPSA) is 29.1 Å². The van der Waals surface area contributed by atoms with Gasteiger partial charge in [-0.3, -0.25) is 4.79 Å². The Morgan fingerprint density at radius 1 is 1.40 bits per heavy atom. The van der Waals surface area contributed by atoms with Gasteiger partial charge in [-0.1, -0.05) is 30.3 Å². The molecule has 2 heteroatoms. The highest BCUT2D eigenvalue weighted by Crippen LogP contribution is 1.95. The van der Waals surface area contributed by atoms with Crippen LogP contribution in [0.3, 0.4) is 0 Å². The van der Waals surface area contributed by atoms with Gasteiger partial charge in [0.1, 0.15) is 0 Å². The van der Waals surface area contributed by atoms with Crippen molar-refractivity contribution in [3.8, 4) is 0 Å². The average Bonchev–Trinajstić information content (AvgIpc) is 2.03.